The van der Waals surface area contributed by atoms with Gasteiger partial charge in [-0.15, -0.1) is 0 Å². The summed E-state index contributed by atoms with van der Waals surface area (Å²) in [4.78, 5) is 25.9. The Bertz CT molecular complexity index is 1320. The van der Waals surface area contributed by atoms with Crippen molar-refractivity contribution in [3.05, 3.63) is 99.5 Å². The summed E-state index contributed by atoms with van der Waals surface area (Å²) >= 11 is 6.45. The van der Waals surface area contributed by atoms with E-state index in [-0.39, 0.29) is 10.2 Å². The normalized spacial score (nSPS) is 14.4. The lowest BCUT2D eigenvalue weighted by Crippen LogP contribution is -2.44. The second kappa shape index (κ2) is 10.8. The molecule has 3 aromatic carbocycles. The van der Waals surface area contributed by atoms with Crippen molar-refractivity contribution in [3.63, 3.8) is 0 Å². The molecule has 0 unspecified atom stereocenters. The molecule has 35 heavy (non-hydrogen) atoms. The highest BCUT2D eigenvalue weighted by Crippen LogP contribution is 2.34. The number of nitrogens with zero attached hydrogens (tertiary/aromatic N) is 1. The molecule has 0 radical (unpaired) electrons. The van der Waals surface area contributed by atoms with Crippen molar-refractivity contribution < 1.29 is 19.1 Å². The zero-order chi connectivity index (χ0) is 24.9. The number of carbonyl (C=O) groups is 2. The Labute approximate surface area is 213 Å². The molecule has 0 spiro atoms. The van der Waals surface area contributed by atoms with Crippen LogP contribution in [0.4, 0.5) is 0 Å². The molecule has 6 nitrogen and oxygen atoms in total. The second-order valence-electron chi connectivity index (χ2n) is 7.95. The van der Waals surface area contributed by atoms with Gasteiger partial charge in [-0.1, -0.05) is 59.8 Å². The molecule has 0 aliphatic carbocycles. The fraction of sp³-hybridized carbons (Fsp3) is 0.148. The van der Waals surface area contributed by atoms with E-state index in [1.54, 1.807) is 31.4 Å². The molecule has 1 aliphatic heterocycles. The van der Waals surface area contributed by atoms with Gasteiger partial charge >= 0.3 is 0 Å². The number of carbonyl (C=O) groups excluding carboxylic acids is 2. The molecule has 1 saturated heterocycles. The third-order valence-corrected chi connectivity index (χ3v) is 6.75. The number of nitrogens with one attached hydrogen (secondary N) is 1. The quantitative estimate of drug-likeness (QED) is 0.342. The minimum absolute atomic E-state index is 0.256. The summed E-state index contributed by atoms with van der Waals surface area (Å²) in [7, 11) is 1.57. The third-order valence-electron chi connectivity index (χ3n) is 5.45. The number of hydrazine groups is 1. The first kappa shape index (κ1) is 24.5. The molecule has 1 heterocycles. The van der Waals surface area contributed by atoms with Crippen LogP contribution in [0.25, 0.3) is 6.08 Å². The number of aryl methyl sites for hydroxylation is 2. The van der Waals surface area contributed by atoms with E-state index in [1.807, 2.05) is 62.4 Å². The lowest BCUT2D eigenvalue weighted by molar-refractivity contribution is -0.123. The van der Waals surface area contributed by atoms with Gasteiger partial charge in [-0.25, -0.2) is 0 Å². The summed E-state index contributed by atoms with van der Waals surface area (Å²) in [5.41, 5.74) is 7.07. The van der Waals surface area contributed by atoms with Crippen molar-refractivity contribution in [1.29, 1.82) is 0 Å². The van der Waals surface area contributed by atoms with Gasteiger partial charge in [0.05, 0.1) is 12.0 Å². The molecule has 1 fully saturated rings. The van der Waals surface area contributed by atoms with Gasteiger partial charge in [0.2, 0.25) is 0 Å². The Morgan fingerprint density at radius 2 is 1.80 bits per heavy atom. The molecule has 0 saturated carbocycles. The Hall–Kier alpha value is -3.62. The molecule has 1 N–H and O–H groups in total. The van der Waals surface area contributed by atoms with Crippen molar-refractivity contribution in [2.75, 3.05) is 7.11 Å². The minimum Gasteiger partial charge on any atom is -0.493 e. The summed E-state index contributed by atoms with van der Waals surface area (Å²) < 4.78 is 11.7. The molecule has 2 amide bonds. The number of benzene rings is 3. The van der Waals surface area contributed by atoms with Crippen molar-refractivity contribution >= 4 is 46.2 Å². The van der Waals surface area contributed by atoms with Crippen molar-refractivity contribution in [3.8, 4) is 11.5 Å². The van der Waals surface area contributed by atoms with Crippen LogP contribution in [-0.4, -0.2) is 28.3 Å². The van der Waals surface area contributed by atoms with Crippen LogP contribution in [-0.2, 0) is 11.4 Å². The number of hydrogen-bond donors (Lipinski definition) is 1. The maximum absolute atomic E-state index is 12.9. The van der Waals surface area contributed by atoms with Crippen LogP contribution in [0.1, 0.15) is 32.6 Å². The predicted molar refractivity (Wildman–Crippen MR) is 142 cm³/mol. The number of thiocarbonyl (C=S) groups is 1. The van der Waals surface area contributed by atoms with Gasteiger partial charge in [0.15, 0.2) is 15.8 Å². The molecule has 8 heteroatoms. The average Bonchev–Trinajstić information content (AvgIpc) is 3.11. The SMILES string of the molecule is COc1cc(/C=C2\SC(=S)N(NC(=O)c3ccc(C)cc3)C2=O)ccc1OCc1ccccc1C. The molecule has 4 rings (SSSR count). The fourth-order valence-electron chi connectivity index (χ4n) is 3.41. The first-order valence-corrected chi connectivity index (χ1v) is 12.1. The Balaban J connectivity index is 1.47. The zero-order valence-corrected chi connectivity index (χ0v) is 21.2. The van der Waals surface area contributed by atoms with Gasteiger partial charge in [0.1, 0.15) is 6.61 Å². The van der Waals surface area contributed by atoms with E-state index in [2.05, 4.69) is 5.43 Å². The Morgan fingerprint density at radius 3 is 2.51 bits per heavy atom. The van der Waals surface area contributed by atoms with Crippen LogP contribution in [0.3, 0.4) is 0 Å². The Kier molecular flexibility index (Phi) is 7.53. The molecule has 0 aromatic heterocycles. The highest BCUT2D eigenvalue weighted by Gasteiger charge is 2.33. The molecule has 1 aliphatic rings. The van der Waals surface area contributed by atoms with Crippen molar-refractivity contribution in [1.82, 2.24) is 10.4 Å². The number of hydrogen-bond acceptors (Lipinski definition) is 6. The van der Waals surface area contributed by atoms with Gasteiger partial charge in [0.25, 0.3) is 11.8 Å². The summed E-state index contributed by atoms with van der Waals surface area (Å²) in [6.45, 7) is 4.40. The van der Waals surface area contributed by atoms with Gasteiger partial charge in [-0.05, 0) is 73.1 Å². The van der Waals surface area contributed by atoms with Crippen LogP contribution in [0.15, 0.2) is 71.6 Å². The maximum atomic E-state index is 12.9. The lowest BCUT2D eigenvalue weighted by atomic mass is 10.1. The first-order valence-electron chi connectivity index (χ1n) is 10.9. The topological polar surface area (TPSA) is 67.9 Å². The zero-order valence-electron chi connectivity index (χ0n) is 19.5. The standard InChI is InChI=1S/C27H24N2O4S2/c1-17-8-11-20(12-9-17)25(30)28-29-26(31)24(35-27(29)34)15-19-10-13-22(23(14-19)32-3)33-16-21-7-5-4-6-18(21)2/h4-15H,16H2,1-3H3,(H,28,30)/b24-15-. The third kappa shape index (κ3) is 5.72. The van der Waals surface area contributed by atoms with Crippen molar-refractivity contribution in [2.24, 2.45) is 0 Å². The van der Waals surface area contributed by atoms with E-state index in [1.165, 1.54) is 0 Å². The Morgan fingerprint density at radius 1 is 1.06 bits per heavy atom. The monoisotopic (exact) mass is 504 g/mol. The summed E-state index contributed by atoms with van der Waals surface area (Å²) in [6.07, 6.45) is 1.71. The van der Waals surface area contributed by atoms with E-state index in [0.717, 1.165) is 39.0 Å². The summed E-state index contributed by atoms with van der Waals surface area (Å²) in [5.74, 6) is 0.361. The average molecular weight is 505 g/mol. The number of ether oxygens (including phenoxy) is 2. The van der Waals surface area contributed by atoms with Crippen LogP contribution in [0.2, 0.25) is 0 Å². The molecule has 178 valence electrons. The number of amides is 2. The second-order valence-corrected chi connectivity index (χ2v) is 9.63. The molecule has 0 atom stereocenters. The molecular weight excluding hydrogens is 480 g/mol. The number of methoxy groups -OCH3 is 1. The largest absolute Gasteiger partial charge is 0.493 e. The van der Waals surface area contributed by atoms with E-state index >= 15 is 0 Å². The van der Waals surface area contributed by atoms with Gasteiger partial charge in [-0.2, -0.15) is 5.01 Å². The van der Waals surface area contributed by atoms with Crippen molar-refractivity contribution in [2.45, 2.75) is 20.5 Å². The number of rotatable bonds is 7. The molecule has 0 bridgehead atoms. The smallest absolute Gasteiger partial charge is 0.285 e. The first-order chi connectivity index (χ1) is 16.9. The summed E-state index contributed by atoms with van der Waals surface area (Å²) in [5, 5.41) is 1.10. The summed E-state index contributed by atoms with van der Waals surface area (Å²) in [6, 6.07) is 20.5. The molecular formula is C27H24N2O4S2. The molecule has 3 aromatic rings. The van der Waals surface area contributed by atoms with E-state index in [9.17, 15) is 9.59 Å². The van der Waals surface area contributed by atoms with Crippen LogP contribution >= 0.6 is 24.0 Å². The van der Waals surface area contributed by atoms with Crippen LogP contribution in [0, 0.1) is 13.8 Å². The van der Waals surface area contributed by atoms with E-state index in [4.69, 9.17) is 21.7 Å². The van der Waals surface area contributed by atoms with Gasteiger partial charge in [0, 0.05) is 5.56 Å². The highest BCUT2D eigenvalue weighted by molar-refractivity contribution is 8.26. The van der Waals surface area contributed by atoms with E-state index in [0.29, 0.717) is 28.6 Å². The van der Waals surface area contributed by atoms with Gasteiger partial charge in [-0.3, -0.25) is 15.0 Å². The van der Waals surface area contributed by atoms with Crippen LogP contribution < -0.4 is 14.9 Å². The predicted octanol–water partition coefficient (Wildman–Crippen LogP) is 5.44. The lowest BCUT2D eigenvalue weighted by Gasteiger charge is -2.15. The minimum atomic E-state index is -0.403. The van der Waals surface area contributed by atoms with Gasteiger partial charge < -0.3 is 9.47 Å². The van der Waals surface area contributed by atoms with E-state index < -0.39 is 5.91 Å². The number of thioether (sulfide) groups is 1. The highest BCUT2D eigenvalue weighted by atomic mass is 32.2. The maximum Gasteiger partial charge on any atom is 0.285 e. The fourth-order valence-corrected chi connectivity index (χ4v) is 4.59. The van der Waals surface area contributed by atoms with Crippen LogP contribution in [0.5, 0.6) is 11.5 Å².